The Kier molecular flexibility index (Phi) is 1.67. The number of benzene rings is 1. The van der Waals surface area contributed by atoms with E-state index in [4.69, 9.17) is 13.6 Å². The Bertz CT molecular complexity index is 362. The highest BCUT2D eigenvalue weighted by Crippen LogP contribution is 2.22. The molecule has 12 heavy (non-hydrogen) atoms. The first kappa shape index (κ1) is 5.25. The van der Waals surface area contributed by atoms with Crippen LogP contribution >= 0.6 is 0 Å². The van der Waals surface area contributed by atoms with Gasteiger partial charge in [0.1, 0.15) is 11.5 Å². The van der Waals surface area contributed by atoms with Gasteiger partial charge < -0.3 is 9.47 Å². The van der Waals surface area contributed by atoms with Crippen LogP contribution in [0.5, 0.6) is 11.5 Å². The van der Waals surface area contributed by atoms with E-state index in [9.17, 15) is 0 Å². The summed E-state index contributed by atoms with van der Waals surface area (Å²) in [6.45, 7) is -0.537. The van der Waals surface area contributed by atoms with Gasteiger partial charge in [-0.2, -0.15) is 0 Å². The summed E-state index contributed by atoms with van der Waals surface area (Å²) in [6, 6.07) is 4.69. The standard InChI is InChI=1S/C10H12O2/c1-4-8-5-9(11-2)7-10(6-8)12-3/h4-7H,1H2,2-3H3/i1D2,4D. The average molecular weight is 167 g/mol. The number of methoxy groups -OCH3 is 2. The molecule has 0 amide bonds. The Morgan fingerprint density at radius 2 is 1.92 bits per heavy atom. The summed E-state index contributed by atoms with van der Waals surface area (Å²) in [7, 11) is 3.02. The minimum absolute atomic E-state index is 0.160. The largest absolute Gasteiger partial charge is 0.497 e. The van der Waals surface area contributed by atoms with Crippen LogP contribution in [0.1, 0.15) is 9.68 Å². The van der Waals surface area contributed by atoms with Gasteiger partial charge in [-0.1, -0.05) is 12.6 Å². The van der Waals surface area contributed by atoms with Gasteiger partial charge in [-0.05, 0) is 17.7 Å². The highest BCUT2D eigenvalue weighted by Gasteiger charge is 1.97. The number of ether oxygens (including phenoxy) is 2. The monoisotopic (exact) mass is 167 g/mol. The van der Waals surface area contributed by atoms with Crippen molar-refractivity contribution in [3.63, 3.8) is 0 Å². The van der Waals surface area contributed by atoms with Crippen LogP contribution in [0.3, 0.4) is 0 Å². The zero-order valence-electron chi connectivity index (χ0n) is 10.0. The minimum Gasteiger partial charge on any atom is -0.497 e. The van der Waals surface area contributed by atoms with E-state index in [0.717, 1.165) is 0 Å². The van der Waals surface area contributed by atoms with Gasteiger partial charge in [-0.25, -0.2) is 0 Å². The van der Waals surface area contributed by atoms with Gasteiger partial charge in [0.25, 0.3) is 0 Å². The molecule has 0 aliphatic heterocycles. The quantitative estimate of drug-likeness (QED) is 0.688. The van der Waals surface area contributed by atoms with Gasteiger partial charge in [-0.15, -0.1) is 0 Å². The zero-order valence-corrected chi connectivity index (χ0v) is 7.05. The molecule has 0 aromatic heterocycles. The Morgan fingerprint density at radius 1 is 1.33 bits per heavy atom. The SMILES string of the molecule is [2H]C([2H])=C([2H])c1cc(OC)cc(OC)c1. The molecule has 0 atom stereocenters. The van der Waals surface area contributed by atoms with E-state index in [1.54, 1.807) is 18.2 Å². The third-order valence-corrected chi connectivity index (χ3v) is 1.50. The minimum atomic E-state index is -0.537. The molecule has 2 heteroatoms. The van der Waals surface area contributed by atoms with Crippen LogP contribution in [0, 0.1) is 0 Å². The lowest BCUT2D eigenvalue weighted by atomic mass is 10.2. The van der Waals surface area contributed by atoms with Crippen molar-refractivity contribution in [1.29, 1.82) is 0 Å². The molecular formula is C10H12O2. The third kappa shape index (κ3) is 1.78. The van der Waals surface area contributed by atoms with Crippen molar-refractivity contribution in [3.05, 3.63) is 30.3 Å². The number of hydrogen-bond acceptors (Lipinski definition) is 2. The molecule has 0 unspecified atom stereocenters. The van der Waals surface area contributed by atoms with E-state index in [1.165, 1.54) is 14.2 Å². The second kappa shape index (κ2) is 3.81. The molecule has 0 N–H and O–H groups in total. The van der Waals surface area contributed by atoms with Crippen LogP contribution in [0.25, 0.3) is 6.05 Å². The van der Waals surface area contributed by atoms with Crippen LogP contribution in [0.15, 0.2) is 24.7 Å². The normalized spacial score (nSPS) is 12.3. The van der Waals surface area contributed by atoms with E-state index < -0.39 is 6.53 Å². The molecule has 0 saturated carbocycles. The molecular weight excluding hydrogens is 152 g/mol. The van der Waals surface area contributed by atoms with Crippen molar-refractivity contribution < 1.29 is 13.6 Å². The van der Waals surface area contributed by atoms with E-state index in [2.05, 4.69) is 0 Å². The molecule has 0 fully saturated rings. The Balaban J connectivity index is 3.24. The molecule has 0 aliphatic carbocycles. The summed E-state index contributed by atoms with van der Waals surface area (Å²) >= 11 is 0. The lowest BCUT2D eigenvalue weighted by Gasteiger charge is -2.05. The van der Waals surface area contributed by atoms with Crippen LogP contribution in [0.2, 0.25) is 0 Å². The highest BCUT2D eigenvalue weighted by atomic mass is 16.5. The zero-order chi connectivity index (χ0) is 11.4. The van der Waals surface area contributed by atoms with Gasteiger partial charge in [0.15, 0.2) is 0 Å². The molecule has 0 saturated heterocycles. The summed E-state index contributed by atoms with van der Waals surface area (Å²) in [5, 5.41) is 0. The van der Waals surface area contributed by atoms with Crippen molar-refractivity contribution in [1.82, 2.24) is 0 Å². The molecule has 0 bridgehead atoms. The Labute approximate surface area is 76.6 Å². The summed E-state index contributed by atoms with van der Waals surface area (Å²) in [4.78, 5) is 0. The van der Waals surface area contributed by atoms with Gasteiger partial charge in [0, 0.05) is 6.07 Å². The van der Waals surface area contributed by atoms with E-state index >= 15 is 0 Å². The predicted octanol–water partition coefficient (Wildman–Crippen LogP) is 2.35. The lowest BCUT2D eigenvalue weighted by Crippen LogP contribution is -1.87. The molecule has 0 radical (unpaired) electrons. The molecule has 1 aromatic rings. The molecule has 0 aliphatic rings. The average Bonchev–Trinajstić information content (AvgIpc) is 2.27. The van der Waals surface area contributed by atoms with E-state index in [-0.39, 0.29) is 6.05 Å². The smallest absolute Gasteiger partial charge is 0.123 e. The lowest BCUT2D eigenvalue weighted by molar-refractivity contribution is 0.394. The van der Waals surface area contributed by atoms with Gasteiger partial charge in [0.2, 0.25) is 0 Å². The second-order valence-electron chi connectivity index (χ2n) is 2.23. The first-order valence-corrected chi connectivity index (χ1v) is 3.46. The van der Waals surface area contributed by atoms with Gasteiger partial charge >= 0.3 is 0 Å². The second-order valence-corrected chi connectivity index (χ2v) is 2.23. The molecule has 0 heterocycles. The van der Waals surface area contributed by atoms with Crippen molar-refractivity contribution in [2.45, 2.75) is 0 Å². The first-order chi connectivity index (χ1) is 7.08. The predicted molar refractivity (Wildman–Crippen MR) is 49.6 cm³/mol. The van der Waals surface area contributed by atoms with E-state index in [0.29, 0.717) is 17.1 Å². The molecule has 2 nitrogen and oxygen atoms in total. The van der Waals surface area contributed by atoms with Crippen molar-refractivity contribution in [2.24, 2.45) is 0 Å². The van der Waals surface area contributed by atoms with Crippen LogP contribution in [-0.4, -0.2) is 14.2 Å². The number of rotatable bonds is 3. The first-order valence-electron chi connectivity index (χ1n) is 4.96. The van der Waals surface area contributed by atoms with Crippen molar-refractivity contribution in [3.8, 4) is 11.5 Å². The molecule has 0 spiro atoms. The van der Waals surface area contributed by atoms with Crippen LogP contribution < -0.4 is 9.47 Å². The molecule has 64 valence electrons. The fourth-order valence-corrected chi connectivity index (χ4v) is 0.880. The molecule has 1 rings (SSSR count). The Morgan fingerprint density at radius 3 is 2.33 bits per heavy atom. The maximum atomic E-state index is 7.50. The summed E-state index contributed by atoms with van der Waals surface area (Å²) in [5.41, 5.74) is 0.436. The number of hydrogen-bond donors (Lipinski definition) is 0. The summed E-state index contributed by atoms with van der Waals surface area (Å²) in [6.07, 6.45) is 0. The van der Waals surface area contributed by atoms with Gasteiger partial charge in [-0.3, -0.25) is 0 Å². The van der Waals surface area contributed by atoms with Crippen LogP contribution in [-0.2, 0) is 0 Å². The van der Waals surface area contributed by atoms with Crippen LogP contribution in [0.4, 0.5) is 0 Å². The topological polar surface area (TPSA) is 18.5 Å². The highest BCUT2D eigenvalue weighted by molar-refractivity contribution is 5.53. The van der Waals surface area contributed by atoms with Crippen molar-refractivity contribution in [2.75, 3.05) is 14.2 Å². The van der Waals surface area contributed by atoms with Gasteiger partial charge in [0.05, 0.1) is 18.3 Å². The fourth-order valence-electron chi connectivity index (χ4n) is 0.880. The third-order valence-electron chi connectivity index (χ3n) is 1.50. The summed E-state index contributed by atoms with van der Waals surface area (Å²) in [5.74, 6) is 1.07. The summed E-state index contributed by atoms with van der Waals surface area (Å²) < 4.78 is 31.6. The maximum absolute atomic E-state index is 7.50. The fraction of sp³-hybridized carbons (Fsp3) is 0.200. The Hall–Kier alpha value is -1.44. The van der Waals surface area contributed by atoms with E-state index in [1.807, 2.05) is 0 Å². The molecule has 1 aromatic carbocycles. The van der Waals surface area contributed by atoms with Crippen molar-refractivity contribution >= 4 is 6.05 Å². The maximum Gasteiger partial charge on any atom is 0.123 e.